The first-order valence-corrected chi connectivity index (χ1v) is 17.6. The van der Waals surface area contributed by atoms with E-state index >= 15 is 0 Å². The molecule has 3 aromatic rings. The minimum Gasteiger partial charge on any atom is -0.497 e. The highest BCUT2D eigenvalue weighted by Crippen LogP contribution is 2.87. The first-order valence-electron chi connectivity index (χ1n) is 17.6. The van der Waals surface area contributed by atoms with Crippen LogP contribution in [0.5, 0.6) is 23.0 Å². The first-order chi connectivity index (χ1) is 25.1. The van der Waals surface area contributed by atoms with Gasteiger partial charge in [-0.2, -0.15) is 0 Å². The third-order valence-corrected chi connectivity index (χ3v) is 10.9. The summed E-state index contributed by atoms with van der Waals surface area (Å²) < 4.78 is 28.9. The second-order valence-corrected chi connectivity index (χ2v) is 15.4. The molecule has 0 spiro atoms. The molecule has 3 amide bonds. The number of ether oxygens (including phenoxy) is 5. The number of fused-ring (bicyclic) bond motifs is 3. The van der Waals surface area contributed by atoms with E-state index < -0.39 is 70.8 Å². The molecule has 3 fully saturated rings. The molecule has 1 aromatic heterocycles. The number of hydrogen-bond acceptors (Lipinski definition) is 10. The van der Waals surface area contributed by atoms with Gasteiger partial charge < -0.3 is 44.7 Å². The summed E-state index contributed by atoms with van der Waals surface area (Å²) in [5.41, 5.74) is 5.94. The summed E-state index contributed by atoms with van der Waals surface area (Å²) in [5.74, 6) is -2.54. The maximum absolute atomic E-state index is 14.4. The molecule has 4 aliphatic rings. The fraction of sp³-hybridized carbons (Fsp3) is 0.462. The van der Waals surface area contributed by atoms with Crippen LogP contribution in [-0.4, -0.2) is 83.1 Å². The molecular formula is C39H44N4O10. The summed E-state index contributed by atoms with van der Waals surface area (Å²) >= 11 is 0. The van der Waals surface area contributed by atoms with Gasteiger partial charge in [-0.1, -0.05) is 19.9 Å². The van der Waals surface area contributed by atoms with Gasteiger partial charge >= 0.3 is 12.1 Å². The van der Waals surface area contributed by atoms with Crippen LogP contribution in [0.3, 0.4) is 0 Å². The smallest absolute Gasteiger partial charge is 0.408 e. The van der Waals surface area contributed by atoms with Crippen LogP contribution in [-0.2, 0) is 19.1 Å². The zero-order valence-electron chi connectivity index (χ0n) is 30.5. The Kier molecular flexibility index (Phi) is 8.69. The molecule has 0 bridgehead atoms. The van der Waals surface area contributed by atoms with Crippen molar-refractivity contribution in [2.24, 2.45) is 40.7 Å². The SMILES string of the molecule is C=C[C@@H]1C2C(C3C(Oc4cc(-c5ccc6c(c5)OCO6)nc5cc(OC)ccc45)CN(C(=O)[C@@H](NC(=O)OC(C)(C)C)C(C)C)[C@@H]3C(N)=O)[C@@]21C(=O)O. The lowest BCUT2D eigenvalue weighted by atomic mass is 9.80. The number of primary amides is 1. The standard InChI is InChI=1S/C39H44N4O10/c1-8-22-30-31(39(22,30)36(46)47)29-28(16-43(33(29)34(40)44)35(45)32(18(2)3)42-37(48)53-38(4,5)6)52-26-15-23(19-9-12-25-27(13-19)51-17-50-25)41-24-14-20(49-7)10-11-21(24)26/h8-15,18,22,28-33H,1,16-17H2,2-7H3,(H2,40,44)(H,42,48)(H,46,47)/t22-,28?,29?,30?,31?,32+,33+,39+/m1/s1. The summed E-state index contributed by atoms with van der Waals surface area (Å²) in [6.07, 6.45) is -0.0355. The van der Waals surface area contributed by atoms with Crippen LogP contribution in [0.25, 0.3) is 22.2 Å². The molecule has 0 radical (unpaired) electrons. The lowest BCUT2D eigenvalue weighted by molar-refractivity contribution is -0.144. The van der Waals surface area contributed by atoms with Crippen LogP contribution < -0.4 is 30.0 Å². The molecule has 2 saturated carbocycles. The molecule has 2 aromatic carbocycles. The Hall–Kier alpha value is -5.53. The van der Waals surface area contributed by atoms with Gasteiger partial charge in [0.1, 0.15) is 35.3 Å². The molecule has 280 valence electrons. The van der Waals surface area contributed by atoms with Crippen molar-refractivity contribution < 1.29 is 48.0 Å². The number of carbonyl (C=O) groups excluding carboxylic acids is 3. The summed E-state index contributed by atoms with van der Waals surface area (Å²) in [7, 11) is 1.55. The van der Waals surface area contributed by atoms with Crippen molar-refractivity contribution >= 4 is 34.8 Å². The summed E-state index contributed by atoms with van der Waals surface area (Å²) in [4.78, 5) is 59.8. The van der Waals surface area contributed by atoms with Gasteiger partial charge in [0.25, 0.3) is 0 Å². The van der Waals surface area contributed by atoms with E-state index in [0.29, 0.717) is 45.2 Å². The number of aliphatic carboxylic acids is 1. The highest BCUT2D eigenvalue weighted by Gasteiger charge is 2.92. The van der Waals surface area contributed by atoms with Gasteiger partial charge in [-0.15, -0.1) is 6.58 Å². The second-order valence-electron chi connectivity index (χ2n) is 15.4. The fourth-order valence-electron chi connectivity index (χ4n) is 8.43. The number of benzene rings is 2. The van der Waals surface area contributed by atoms with E-state index in [-0.39, 0.29) is 25.2 Å². The van der Waals surface area contributed by atoms with E-state index in [2.05, 4.69) is 11.9 Å². The number of amides is 3. The third-order valence-electron chi connectivity index (χ3n) is 10.9. The van der Waals surface area contributed by atoms with Crippen molar-refractivity contribution in [2.75, 3.05) is 20.4 Å². The number of aromatic nitrogens is 1. The molecule has 4 unspecified atom stereocenters. The first kappa shape index (κ1) is 35.9. The molecule has 4 N–H and O–H groups in total. The fourth-order valence-corrected chi connectivity index (χ4v) is 8.43. The Morgan fingerprint density at radius 2 is 1.83 bits per heavy atom. The number of carboxylic acids is 1. The van der Waals surface area contributed by atoms with Crippen molar-refractivity contribution in [3.05, 3.63) is 55.1 Å². The molecule has 2 aliphatic heterocycles. The second kappa shape index (κ2) is 12.8. The number of pyridine rings is 1. The number of nitrogens with zero attached hydrogens (tertiary/aromatic N) is 2. The Labute approximate surface area is 306 Å². The number of carbonyl (C=O) groups is 4. The molecule has 1 saturated heterocycles. The average Bonchev–Trinajstić information content (AvgIpc) is 3.81. The van der Waals surface area contributed by atoms with Gasteiger partial charge in [0.15, 0.2) is 11.5 Å². The monoisotopic (exact) mass is 728 g/mol. The van der Waals surface area contributed by atoms with Crippen molar-refractivity contribution in [1.82, 2.24) is 15.2 Å². The van der Waals surface area contributed by atoms with Gasteiger partial charge in [-0.3, -0.25) is 14.4 Å². The van der Waals surface area contributed by atoms with Gasteiger partial charge in [-0.05, 0) is 74.8 Å². The largest absolute Gasteiger partial charge is 0.497 e. The Balaban J connectivity index is 1.30. The number of alkyl carbamates (subject to hydrolysis) is 1. The predicted octanol–water partition coefficient (Wildman–Crippen LogP) is 4.38. The topological polar surface area (TPSA) is 189 Å². The van der Waals surface area contributed by atoms with Crippen LogP contribution in [0, 0.1) is 35.0 Å². The molecule has 53 heavy (non-hydrogen) atoms. The average molecular weight is 729 g/mol. The number of methoxy groups -OCH3 is 1. The maximum atomic E-state index is 14.4. The quantitative estimate of drug-likeness (QED) is 0.238. The van der Waals surface area contributed by atoms with E-state index in [1.807, 2.05) is 12.1 Å². The van der Waals surface area contributed by atoms with Gasteiger partial charge in [0, 0.05) is 29.0 Å². The predicted molar refractivity (Wildman–Crippen MR) is 191 cm³/mol. The summed E-state index contributed by atoms with van der Waals surface area (Å²) in [5, 5.41) is 13.8. The Morgan fingerprint density at radius 3 is 2.45 bits per heavy atom. The van der Waals surface area contributed by atoms with Crippen molar-refractivity contribution in [3.63, 3.8) is 0 Å². The molecule has 7 rings (SSSR count). The van der Waals surface area contributed by atoms with Crippen LogP contribution in [0.15, 0.2) is 55.1 Å². The molecule has 14 nitrogen and oxygen atoms in total. The van der Waals surface area contributed by atoms with Crippen LogP contribution in [0.1, 0.15) is 34.6 Å². The summed E-state index contributed by atoms with van der Waals surface area (Å²) in [6.45, 7) is 12.5. The van der Waals surface area contributed by atoms with Crippen molar-refractivity contribution in [1.29, 1.82) is 0 Å². The number of carboxylic acid groups (broad SMARTS) is 1. The minimum absolute atomic E-state index is 0.104. The molecular weight excluding hydrogens is 684 g/mol. The minimum atomic E-state index is -1.23. The van der Waals surface area contributed by atoms with E-state index in [1.54, 1.807) is 78.1 Å². The Morgan fingerprint density at radius 1 is 1.09 bits per heavy atom. The summed E-state index contributed by atoms with van der Waals surface area (Å²) in [6, 6.07) is 10.3. The number of allylic oxidation sites excluding steroid dienone is 1. The lowest BCUT2D eigenvalue weighted by Gasteiger charge is -2.32. The number of likely N-dealkylation sites (tertiary alicyclic amines) is 1. The molecule has 2 aliphatic carbocycles. The number of nitrogens with one attached hydrogen (secondary N) is 1. The van der Waals surface area contributed by atoms with Crippen LogP contribution in [0.4, 0.5) is 4.79 Å². The lowest BCUT2D eigenvalue weighted by Crippen LogP contribution is -2.56. The molecule has 14 heteroatoms. The highest BCUT2D eigenvalue weighted by molar-refractivity contribution is 5.94. The van der Waals surface area contributed by atoms with Crippen LogP contribution in [0.2, 0.25) is 0 Å². The number of hydrogen-bond donors (Lipinski definition) is 3. The highest BCUT2D eigenvalue weighted by atomic mass is 16.7. The van der Waals surface area contributed by atoms with E-state index in [9.17, 15) is 24.3 Å². The van der Waals surface area contributed by atoms with E-state index in [0.717, 1.165) is 0 Å². The van der Waals surface area contributed by atoms with Gasteiger partial charge in [0.05, 0.1) is 30.3 Å². The van der Waals surface area contributed by atoms with E-state index in [1.165, 1.54) is 4.90 Å². The maximum Gasteiger partial charge on any atom is 0.408 e. The Bertz CT molecular complexity index is 2030. The third kappa shape index (κ3) is 6.03. The normalized spacial score (nSPS) is 27.1. The number of nitrogens with two attached hydrogens (primary N) is 1. The van der Waals surface area contributed by atoms with Gasteiger partial charge in [-0.25, -0.2) is 9.78 Å². The molecule has 8 atom stereocenters. The van der Waals surface area contributed by atoms with E-state index in [4.69, 9.17) is 34.4 Å². The zero-order valence-corrected chi connectivity index (χ0v) is 30.5. The van der Waals surface area contributed by atoms with Crippen molar-refractivity contribution in [2.45, 2.75) is 58.4 Å². The van der Waals surface area contributed by atoms with Crippen molar-refractivity contribution in [3.8, 4) is 34.3 Å². The number of rotatable bonds is 11. The molecule has 3 heterocycles. The van der Waals surface area contributed by atoms with Crippen LogP contribution >= 0.6 is 0 Å². The van der Waals surface area contributed by atoms with Gasteiger partial charge in [0.2, 0.25) is 18.6 Å². The zero-order chi connectivity index (χ0) is 38.1.